The van der Waals surface area contributed by atoms with Gasteiger partial charge in [-0.25, -0.2) is 4.57 Å². The van der Waals surface area contributed by atoms with Crippen molar-refractivity contribution >= 4 is 13.8 Å². The molecule has 0 aromatic rings. The zero-order valence-corrected chi connectivity index (χ0v) is 20.6. The molecule has 0 aliphatic carbocycles. The summed E-state index contributed by atoms with van der Waals surface area (Å²) in [5, 5.41) is 9.25. The fraction of sp³-hybridized carbons (Fsp3) is 0.783. The van der Waals surface area contributed by atoms with Gasteiger partial charge in [0, 0.05) is 13.0 Å². The van der Waals surface area contributed by atoms with E-state index < -0.39 is 33.1 Å². The van der Waals surface area contributed by atoms with Crippen molar-refractivity contribution in [2.24, 2.45) is 5.73 Å². The SMILES string of the molecule is CCCCC/C=C\C/C=C\CCCCCCCC(=O)O[C@H](CO)COP(=O)(O)OCCN. The molecular weight excluding hydrogens is 433 g/mol. The Hall–Kier alpha value is -1.02. The lowest BCUT2D eigenvalue weighted by molar-refractivity contribution is -0.153. The van der Waals surface area contributed by atoms with E-state index in [9.17, 15) is 19.4 Å². The number of nitrogens with two attached hydrogens (primary N) is 1. The summed E-state index contributed by atoms with van der Waals surface area (Å²) in [6.07, 6.45) is 20.2. The lowest BCUT2D eigenvalue weighted by atomic mass is 10.1. The van der Waals surface area contributed by atoms with Crippen LogP contribution in [0.3, 0.4) is 0 Å². The first kappa shape index (κ1) is 31.0. The minimum Gasteiger partial charge on any atom is -0.457 e. The van der Waals surface area contributed by atoms with Gasteiger partial charge in [0.15, 0.2) is 0 Å². The average Bonchev–Trinajstić information content (AvgIpc) is 2.77. The van der Waals surface area contributed by atoms with Crippen LogP contribution in [-0.2, 0) is 23.1 Å². The predicted octanol–water partition coefficient (Wildman–Crippen LogP) is 4.80. The molecule has 0 amide bonds. The monoisotopic (exact) mass is 477 g/mol. The summed E-state index contributed by atoms with van der Waals surface area (Å²) < 4.78 is 25.9. The number of ether oxygens (including phenoxy) is 1. The van der Waals surface area contributed by atoms with Crippen molar-refractivity contribution in [3.05, 3.63) is 24.3 Å². The number of unbranched alkanes of at least 4 members (excludes halogenated alkanes) is 8. The predicted molar refractivity (Wildman–Crippen MR) is 127 cm³/mol. The summed E-state index contributed by atoms with van der Waals surface area (Å²) in [5.41, 5.74) is 5.19. The van der Waals surface area contributed by atoms with Crippen LogP contribution in [0.15, 0.2) is 24.3 Å². The molecule has 1 unspecified atom stereocenters. The molecule has 0 saturated carbocycles. The second kappa shape index (κ2) is 21.8. The van der Waals surface area contributed by atoms with Crippen LogP contribution in [0.1, 0.15) is 84.0 Å². The Bertz CT molecular complexity index is 554. The number of rotatable bonds is 22. The first-order chi connectivity index (χ1) is 15.4. The van der Waals surface area contributed by atoms with Crippen LogP contribution < -0.4 is 5.73 Å². The van der Waals surface area contributed by atoms with Gasteiger partial charge >= 0.3 is 13.8 Å². The molecule has 0 aromatic heterocycles. The lowest BCUT2D eigenvalue weighted by Crippen LogP contribution is -2.27. The van der Waals surface area contributed by atoms with Crippen molar-refractivity contribution in [3.63, 3.8) is 0 Å². The van der Waals surface area contributed by atoms with Crippen molar-refractivity contribution in [1.29, 1.82) is 0 Å². The quantitative estimate of drug-likeness (QED) is 0.0878. The highest BCUT2D eigenvalue weighted by Gasteiger charge is 2.24. The highest BCUT2D eigenvalue weighted by atomic mass is 31.2. The van der Waals surface area contributed by atoms with Gasteiger partial charge in [0.05, 0.1) is 19.8 Å². The molecule has 8 nitrogen and oxygen atoms in total. The third kappa shape index (κ3) is 20.9. The first-order valence-corrected chi connectivity index (χ1v) is 13.4. The van der Waals surface area contributed by atoms with E-state index in [0.29, 0.717) is 6.42 Å². The van der Waals surface area contributed by atoms with Gasteiger partial charge < -0.3 is 20.5 Å². The number of hydrogen-bond donors (Lipinski definition) is 3. The van der Waals surface area contributed by atoms with Crippen molar-refractivity contribution in [1.82, 2.24) is 0 Å². The Kier molecular flexibility index (Phi) is 21.1. The summed E-state index contributed by atoms with van der Waals surface area (Å²) in [6, 6.07) is 0. The Labute approximate surface area is 193 Å². The normalized spacial score (nSPS) is 14.8. The molecule has 0 aromatic carbocycles. The summed E-state index contributed by atoms with van der Waals surface area (Å²) in [5.74, 6) is -0.464. The Morgan fingerprint density at radius 2 is 1.59 bits per heavy atom. The van der Waals surface area contributed by atoms with Crippen molar-refractivity contribution in [3.8, 4) is 0 Å². The molecule has 0 saturated heterocycles. The Morgan fingerprint density at radius 3 is 2.22 bits per heavy atom. The molecule has 0 aliphatic heterocycles. The maximum Gasteiger partial charge on any atom is 0.472 e. The fourth-order valence-electron chi connectivity index (χ4n) is 2.83. The standard InChI is InChI=1S/C23H44NO7P/c1-2-3-4-5-6-7-8-9-10-11-12-13-14-15-16-17-23(26)31-22(20-25)21-30-32(27,28)29-19-18-24/h6-7,9-10,22,25H,2-5,8,11-21,24H2,1H3,(H,27,28)/b7-6-,10-9-/t22-/m1/s1. The maximum absolute atomic E-state index is 11.9. The minimum atomic E-state index is -4.26. The van der Waals surface area contributed by atoms with Crippen molar-refractivity contribution in [2.75, 3.05) is 26.4 Å². The van der Waals surface area contributed by atoms with Gasteiger partial charge in [-0.15, -0.1) is 0 Å². The third-order valence-electron chi connectivity index (χ3n) is 4.63. The molecule has 0 heterocycles. The van der Waals surface area contributed by atoms with E-state index in [1.807, 2.05) is 0 Å². The highest BCUT2D eigenvalue weighted by Crippen LogP contribution is 2.42. The van der Waals surface area contributed by atoms with Crippen LogP contribution in [-0.4, -0.2) is 48.4 Å². The summed E-state index contributed by atoms with van der Waals surface area (Å²) >= 11 is 0. The number of carbonyl (C=O) groups excluding carboxylic acids is 1. The lowest BCUT2D eigenvalue weighted by Gasteiger charge is -2.17. The molecule has 0 bridgehead atoms. The number of phosphoric ester groups is 1. The summed E-state index contributed by atoms with van der Waals surface area (Å²) in [4.78, 5) is 21.3. The van der Waals surface area contributed by atoms with Crippen LogP contribution in [0.4, 0.5) is 0 Å². The van der Waals surface area contributed by atoms with Crippen molar-refractivity contribution in [2.45, 2.75) is 90.1 Å². The van der Waals surface area contributed by atoms with E-state index in [4.69, 9.17) is 15.0 Å². The van der Waals surface area contributed by atoms with E-state index in [2.05, 4.69) is 35.8 Å². The molecule has 4 N–H and O–H groups in total. The Morgan fingerprint density at radius 1 is 0.969 bits per heavy atom. The molecule has 2 atom stereocenters. The first-order valence-electron chi connectivity index (χ1n) is 11.9. The molecule has 0 fully saturated rings. The number of phosphoric acid groups is 1. The molecule has 9 heteroatoms. The number of aliphatic hydroxyl groups is 1. The van der Waals surface area contributed by atoms with Crippen LogP contribution >= 0.6 is 7.82 Å². The second-order valence-corrected chi connectivity index (χ2v) is 9.11. The zero-order chi connectivity index (χ0) is 23.9. The van der Waals surface area contributed by atoms with Crippen molar-refractivity contribution < 1.29 is 33.1 Å². The van der Waals surface area contributed by atoms with Gasteiger partial charge in [0.1, 0.15) is 6.10 Å². The van der Waals surface area contributed by atoms with E-state index >= 15 is 0 Å². The van der Waals surface area contributed by atoms with Crippen LogP contribution in [0.2, 0.25) is 0 Å². The molecule has 0 aliphatic rings. The summed E-state index contributed by atoms with van der Waals surface area (Å²) in [7, 11) is -4.26. The molecule has 32 heavy (non-hydrogen) atoms. The largest absolute Gasteiger partial charge is 0.472 e. The van der Waals surface area contributed by atoms with Gasteiger partial charge in [0.25, 0.3) is 0 Å². The molecular formula is C23H44NO7P. The van der Waals surface area contributed by atoms with Gasteiger partial charge in [-0.05, 0) is 38.5 Å². The molecule has 188 valence electrons. The number of hydrogen-bond acceptors (Lipinski definition) is 7. The van der Waals surface area contributed by atoms with E-state index in [1.165, 1.54) is 25.7 Å². The smallest absolute Gasteiger partial charge is 0.457 e. The van der Waals surface area contributed by atoms with Gasteiger partial charge in [-0.3, -0.25) is 13.8 Å². The highest BCUT2D eigenvalue weighted by molar-refractivity contribution is 7.47. The zero-order valence-electron chi connectivity index (χ0n) is 19.7. The Balaban J connectivity index is 3.69. The minimum absolute atomic E-state index is 0.0693. The number of aliphatic hydroxyl groups excluding tert-OH is 1. The van der Waals surface area contributed by atoms with Gasteiger partial charge in [-0.2, -0.15) is 0 Å². The van der Waals surface area contributed by atoms with Gasteiger partial charge in [-0.1, -0.05) is 63.3 Å². The number of esters is 1. The van der Waals surface area contributed by atoms with Crippen LogP contribution in [0.5, 0.6) is 0 Å². The fourth-order valence-corrected chi connectivity index (χ4v) is 3.60. The van der Waals surface area contributed by atoms with E-state index in [0.717, 1.165) is 38.5 Å². The molecule has 0 spiro atoms. The van der Waals surface area contributed by atoms with E-state index in [1.54, 1.807) is 0 Å². The molecule has 0 rings (SSSR count). The van der Waals surface area contributed by atoms with E-state index in [-0.39, 0.29) is 19.6 Å². The number of carbonyl (C=O) groups is 1. The maximum atomic E-state index is 11.9. The summed E-state index contributed by atoms with van der Waals surface area (Å²) in [6.45, 7) is 1.21. The van der Waals surface area contributed by atoms with Gasteiger partial charge in [0.2, 0.25) is 0 Å². The molecule has 0 radical (unpaired) electrons. The van der Waals surface area contributed by atoms with Crippen LogP contribution in [0.25, 0.3) is 0 Å². The van der Waals surface area contributed by atoms with Crippen LogP contribution in [0, 0.1) is 0 Å². The second-order valence-electron chi connectivity index (χ2n) is 7.66. The third-order valence-corrected chi connectivity index (χ3v) is 5.61. The number of allylic oxidation sites excluding steroid dienone is 4. The topological polar surface area (TPSA) is 128 Å². The average molecular weight is 478 g/mol.